The second-order valence-corrected chi connectivity index (χ2v) is 6.28. The predicted octanol–water partition coefficient (Wildman–Crippen LogP) is 3.50. The predicted molar refractivity (Wildman–Crippen MR) is 83.8 cm³/mol. The topological polar surface area (TPSA) is 15.3 Å². The second kappa shape index (κ2) is 5.61. The van der Waals surface area contributed by atoms with Gasteiger partial charge in [0.1, 0.15) is 0 Å². The van der Waals surface area contributed by atoms with Gasteiger partial charge in [-0.1, -0.05) is 25.1 Å². The summed E-state index contributed by atoms with van der Waals surface area (Å²) in [6.07, 6.45) is 1.31. The molecule has 1 aromatic carbocycles. The van der Waals surface area contributed by atoms with Gasteiger partial charge in [0.2, 0.25) is 0 Å². The molecule has 1 N–H and O–H groups in total. The van der Waals surface area contributed by atoms with Gasteiger partial charge in [-0.2, -0.15) is 0 Å². The van der Waals surface area contributed by atoms with Crippen LogP contribution in [0.25, 0.3) is 10.1 Å². The first-order chi connectivity index (χ1) is 9.35. The lowest BCUT2D eigenvalue weighted by molar-refractivity contribution is 0.240. The third-order valence-corrected chi connectivity index (χ3v) is 5.31. The molecule has 1 aliphatic rings. The fourth-order valence-electron chi connectivity index (χ4n) is 3.44. The highest BCUT2D eigenvalue weighted by Gasteiger charge is 2.35. The Bertz CT molecular complexity index is 548. The Hall–Kier alpha value is -0.900. The Morgan fingerprint density at radius 1 is 1.37 bits per heavy atom. The van der Waals surface area contributed by atoms with E-state index in [1.54, 1.807) is 5.56 Å². The summed E-state index contributed by atoms with van der Waals surface area (Å²) in [5.41, 5.74) is 1.54. The first-order valence-electron chi connectivity index (χ1n) is 7.20. The smallest absolute Gasteiger partial charge is 0.0403 e. The van der Waals surface area contributed by atoms with Crippen molar-refractivity contribution in [3.63, 3.8) is 0 Å². The molecular formula is C16H22N2S. The molecule has 3 rings (SSSR count). The summed E-state index contributed by atoms with van der Waals surface area (Å²) >= 11 is 1.89. The Kier molecular flexibility index (Phi) is 3.87. The number of thiophene rings is 1. The van der Waals surface area contributed by atoms with Crippen molar-refractivity contribution >= 4 is 21.4 Å². The van der Waals surface area contributed by atoms with Gasteiger partial charge >= 0.3 is 0 Å². The number of likely N-dealkylation sites (tertiary alicyclic amines) is 1. The Morgan fingerprint density at radius 3 is 3.00 bits per heavy atom. The molecule has 0 bridgehead atoms. The highest BCUT2D eigenvalue weighted by molar-refractivity contribution is 7.17. The summed E-state index contributed by atoms with van der Waals surface area (Å²) in [6.45, 7) is 5.78. The molecule has 3 heteroatoms. The van der Waals surface area contributed by atoms with Crippen LogP contribution >= 0.6 is 11.3 Å². The van der Waals surface area contributed by atoms with E-state index in [0.717, 1.165) is 19.0 Å². The number of benzene rings is 1. The van der Waals surface area contributed by atoms with E-state index in [1.165, 1.54) is 23.1 Å². The Labute approximate surface area is 119 Å². The first-order valence-corrected chi connectivity index (χ1v) is 8.08. The van der Waals surface area contributed by atoms with Gasteiger partial charge in [0.25, 0.3) is 0 Å². The van der Waals surface area contributed by atoms with Crippen LogP contribution in [-0.4, -0.2) is 31.6 Å². The Morgan fingerprint density at radius 2 is 2.21 bits per heavy atom. The number of rotatable bonds is 4. The lowest BCUT2D eigenvalue weighted by Gasteiger charge is -2.27. The summed E-state index contributed by atoms with van der Waals surface area (Å²) in [4.78, 5) is 2.64. The molecule has 1 saturated heterocycles. The van der Waals surface area contributed by atoms with E-state index < -0.39 is 0 Å². The van der Waals surface area contributed by atoms with Crippen molar-refractivity contribution in [3.8, 4) is 0 Å². The third kappa shape index (κ3) is 2.31. The number of fused-ring (bicyclic) bond motifs is 1. The molecule has 102 valence electrons. The highest BCUT2D eigenvalue weighted by atomic mass is 32.1. The van der Waals surface area contributed by atoms with Crippen molar-refractivity contribution in [3.05, 3.63) is 35.2 Å². The Balaban J connectivity index is 2.01. The molecule has 2 nitrogen and oxygen atoms in total. The fourth-order valence-corrected chi connectivity index (χ4v) is 4.43. The minimum Gasteiger partial charge on any atom is -0.319 e. The van der Waals surface area contributed by atoms with Crippen LogP contribution in [0, 0.1) is 5.92 Å². The molecule has 1 fully saturated rings. The first kappa shape index (κ1) is 13.1. The van der Waals surface area contributed by atoms with Crippen LogP contribution in [0.15, 0.2) is 29.6 Å². The molecule has 2 aromatic rings. The van der Waals surface area contributed by atoms with Crippen molar-refractivity contribution in [2.75, 3.05) is 26.7 Å². The second-order valence-electron chi connectivity index (χ2n) is 5.37. The lowest BCUT2D eigenvalue weighted by atomic mass is 9.93. The van der Waals surface area contributed by atoms with Crippen LogP contribution in [0.2, 0.25) is 0 Å². The van der Waals surface area contributed by atoms with Gasteiger partial charge < -0.3 is 5.32 Å². The van der Waals surface area contributed by atoms with Crippen molar-refractivity contribution in [2.24, 2.45) is 5.92 Å². The molecule has 19 heavy (non-hydrogen) atoms. The van der Waals surface area contributed by atoms with E-state index in [9.17, 15) is 0 Å². The van der Waals surface area contributed by atoms with E-state index >= 15 is 0 Å². The van der Waals surface area contributed by atoms with Crippen molar-refractivity contribution in [1.29, 1.82) is 0 Å². The molecule has 0 aliphatic carbocycles. The standard InChI is InChI=1S/C16H22N2S/c1-3-18-9-8-12(10-17-2)16(18)14-11-19-15-7-5-4-6-13(14)15/h4-7,11-12,16-17H,3,8-10H2,1-2H3. The molecule has 0 saturated carbocycles. The normalized spacial score (nSPS) is 24.3. The number of nitrogens with zero attached hydrogens (tertiary/aromatic N) is 1. The molecule has 1 aromatic heterocycles. The van der Waals surface area contributed by atoms with E-state index in [-0.39, 0.29) is 0 Å². The summed E-state index contributed by atoms with van der Waals surface area (Å²) in [5, 5.41) is 7.21. The molecule has 2 heterocycles. The average molecular weight is 274 g/mol. The maximum absolute atomic E-state index is 3.37. The minimum absolute atomic E-state index is 0.591. The van der Waals surface area contributed by atoms with Crippen molar-refractivity contribution in [1.82, 2.24) is 10.2 Å². The number of hydrogen-bond acceptors (Lipinski definition) is 3. The molecule has 0 amide bonds. The lowest BCUT2D eigenvalue weighted by Crippen LogP contribution is -2.28. The number of nitrogens with one attached hydrogen (secondary N) is 1. The molecule has 2 unspecified atom stereocenters. The van der Waals surface area contributed by atoms with Crippen LogP contribution < -0.4 is 5.32 Å². The van der Waals surface area contributed by atoms with Gasteiger partial charge in [-0.3, -0.25) is 4.90 Å². The molecular weight excluding hydrogens is 252 g/mol. The SMILES string of the molecule is CCN1CCC(CNC)C1c1csc2ccccc12. The summed E-state index contributed by atoms with van der Waals surface area (Å²) in [7, 11) is 2.07. The van der Waals surface area contributed by atoms with Gasteiger partial charge in [0.05, 0.1) is 0 Å². The largest absolute Gasteiger partial charge is 0.319 e. The summed E-state index contributed by atoms with van der Waals surface area (Å²) in [5.74, 6) is 0.739. The van der Waals surface area contributed by atoms with Gasteiger partial charge in [-0.15, -0.1) is 11.3 Å². The molecule has 0 radical (unpaired) electrons. The zero-order chi connectivity index (χ0) is 13.2. The highest BCUT2D eigenvalue weighted by Crippen LogP contribution is 2.41. The zero-order valence-corrected chi connectivity index (χ0v) is 12.5. The van der Waals surface area contributed by atoms with Crippen LogP contribution in [0.1, 0.15) is 24.9 Å². The summed E-state index contributed by atoms with van der Waals surface area (Å²) < 4.78 is 1.42. The number of hydrogen-bond donors (Lipinski definition) is 1. The molecule has 0 spiro atoms. The van der Waals surface area contributed by atoms with Crippen LogP contribution in [0.5, 0.6) is 0 Å². The van der Waals surface area contributed by atoms with Crippen LogP contribution in [-0.2, 0) is 0 Å². The minimum atomic E-state index is 0.591. The van der Waals surface area contributed by atoms with E-state index in [4.69, 9.17) is 0 Å². The monoisotopic (exact) mass is 274 g/mol. The van der Waals surface area contributed by atoms with Gasteiger partial charge in [-0.25, -0.2) is 0 Å². The molecule has 2 atom stereocenters. The fraction of sp³-hybridized carbons (Fsp3) is 0.500. The van der Waals surface area contributed by atoms with E-state index in [0.29, 0.717) is 6.04 Å². The van der Waals surface area contributed by atoms with Gasteiger partial charge in [0, 0.05) is 10.7 Å². The quantitative estimate of drug-likeness (QED) is 0.918. The van der Waals surface area contributed by atoms with E-state index in [2.05, 4.69) is 53.8 Å². The van der Waals surface area contributed by atoms with Crippen LogP contribution in [0.4, 0.5) is 0 Å². The maximum Gasteiger partial charge on any atom is 0.0403 e. The van der Waals surface area contributed by atoms with Crippen LogP contribution in [0.3, 0.4) is 0 Å². The van der Waals surface area contributed by atoms with Gasteiger partial charge in [-0.05, 0) is 61.4 Å². The van der Waals surface area contributed by atoms with E-state index in [1.807, 2.05) is 11.3 Å². The van der Waals surface area contributed by atoms with Crippen molar-refractivity contribution < 1.29 is 0 Å². The third-order valence-electron chi connectivity index (χ3n) is 4.33. The molecule has 1 aliphatic heterocycles. The summed E-state index contributed by atoms with van der Waals surface area (Å²) in [6, 6.07) is 9.41. The average Bonchev–Trinajstić information content (AvgIpc) is 3.02. The zero-order valence-electron chi connectivity index (χ0n) is 11.7. The maximum atomic E-state index is 3.37. The van der Waals surface area contributed by atoms with Crippen molar-refractivity contribution in [2.45, 2.75) is 19.4 Å². The van der Waals surface area contributed by atoms with Gasteiger partial charge in [0.15, 0.2) is 0 Å².